The molecule has 0 saturated carbocycles. The lowest BCUT2D eigenvalue weighted by Gasteiger charge is -2.29. The molecule has 18 nitrogen and oxygen atoms in total. The zero-order valence-corrected chi connectivity index (χ0v) is 25.0. The van der Waals surface area contributed by atoms with Gasteiger partial charge in [0.1, 0.15) is 24.0 Å². The van der Waals surface area contributed by atoms with Crippen molar-refractivity contribution in [2.45, 2.75) is 57.6 Å². The number of carbonyl (C=O) groups excluding carboxylic acids is 1. The van der Waals surface area contributed by atoms with E-state index < -0.39 is 76.2 Å². The first kappa shape index (κ1) is 32.4. The van der Waals surface area contributed by atoms with E-state index in [1.807, 2.05) is 0 Å². The highest BCUT2D eigenvalue weighted by atomic mass is 31.3. The Balaban J connectivity index is 1.25. The van der Waals surface area contributed by atoms with Crippen LogP contribution in [0.4, 0.5) is 0 Å². The molecule has 3 unspecified atom stereocenters. The third-order valence-electron chi connectivity index (χ3n) is 6.64. The first-order valence-corrected chi connectivity index (χ1v) is 16.2. The standard InChI is InChI=1S/C24H29N3O15P2/c1-13(2)23(31)39-19-8-10-36-44(35,41-19)42-43(33,34)37-12-17-20(29)21(30)22(38-17)26-9-7-18(28)27(24(26)32)11-15-14-5-3-4-6-16(14)40-25-15/h3-7,9,13,17,19-22,29-30H,8,10-12H2,1-2H3,(H,33,34)/t17-,19?,20+,21+,22-,44?/m1/s1. The number of phosphoric acid groups is 2. The summed E-state index contributed by atoms with van der Waals surface area (Å²) in [7, 11) is -9.97. The van der Waals surface area contributed by atoms with Gasteiger partial charge in [0.2, 0.25) is 6.29 Å². The van der Waals surface area contributed by atoms with Crippen molar-refractivity contribution in [1.82, 2.24) is 14.3 Å². The van der Waals surface area contributed by atoms with Gasteiger partial charge in [-0.3, -0.25) is 27.8 Å². The van der Waals surface area contributed by atoms with E-state index >= 15 is 0 Å². The van der Waals surface area contributed by atoms with E-state index in [-0.39, 0.29) is 19.6 Å². The fraction of sp³-hybridized carbons (Fsp3) is 0.500. The number of esters is 1. The number of hydrogen-bond acceptors (Lipinski definition) is 15. The minimum Gasteiger partial charge on any atom is -0.435 e. The first-order chi connectivity index (χ1) is 20.8. The molecule has 3 aromatic rings. The Labute approximate surface area is 247 Å². The van der Waals surface area contributed by atoms with E-state index in [2.05, 4.69) is 9.47 Å². The van der Waals surface area contributed by atoms with Crippen LogP contribution < -0.4 is 11.2 Å². The van der Waals surface area contributed by atoms with E-state index in [1.165, 1.54) is 0 Å². The van der Waals surface area contributed by atoms with E-state index in [4.69, 9.17) is 27.6 Å². The van der Waals surface area contributed by atoms with Gasteiger partial charge in [0.05, 0.1) is 25.7 Å². The molecule has 4 heterocycles. The molecule has 3 N–H and O–H groups in total. The topological polar surface area (TPSA) is 237 Å². The SMILES string of the molecule is CC(C)C(=O)OC1CCOP(=O)(OP(=O)(O)OC[C@H]2O[C@@H](n3ccc(=O)n(Cc4noc5ccccc45)c3=O)[C@@H](O)[C@H]2O)O1. The maximum atomic E-state index is 13.3. The van der Waals surface area contributed by atoms with Crippen molar-refractivity contribution in [2.75, 3.05) is 13.2 Å². The Bertz CT molecular complexity index is 1740. The fourth-order valence-corrected chi connectivity index (χ4v) is 7.07. The van der Waals surface area contributed by atoms with Crippen LogP contribution in [0, 0.1) is 5.92 Å². The highest BCUT2D eigenvalue weighted by Gasteiger charge is 2.48. The third-order valence-corrected chi connectivity index (χ3v) is 9.73. The Morgan fingerprint density at radius 2 is 1.95 bits per heavy atom. The molecule has 2 aromatic heterocycles. The van der Waals surface area contributed by atoms with Crippen LogP contribution in [0.1, 0.15) is 32.2 Å². The summed E-state index contributed by atoms with van der Waals surface area (Å²) in [6.07, 6.45) is -6.89. The molecular weight excluding hydrogens is 632 g/mol. The predicted molar refractivity (Wildman–Crippen MR) is 145 cm³/mol. The molecule has 20 heteroatoms. The molecule has 2 aliphatic rings. The summed E-state index contributed by atoms with van der Waals surface area (Å²) < 4.78 is 62.1. The van der Waals surface area contributed by atoms with Crippen molar-refractivity contribution >= 4 is 32.6 Å². The number of ether oxygens (including phenoxy) is 2. The molecule has 2 fully saturated rings. The second-order valence-electron chi connectivity index (χ2n) is 10.1. The van der Waals surface area contributed by atoms with Gasteiger partial charge >= 0.3 is 27.3 Å². The van der Waals surface area contributed by atoms with Crippen molar-refractivity contribution in [3.05, 3.63) is 63.1 Å². The molecule has 0 spiro atoms. The second kappa shape index (κ2) is 12.8. The zero-order chi connectivity index (χ0) is 31.8. The molecule has 0 aliphatic carbocycles. The van der Waals surface area contributed by atoms with Gasteiger partial charge in [0, 0.05) is 24.1 Å². The fourth-order valence-electron chi connectivity index (χ4n) is 4.36. The van der Waals surface area contributed by atoms with Gasteiger partial charge in [0.15, 0.2) is 11.8 Å². The summed E-state index contributed by atoms with van der Waals surface area (Å²) in [5.74, 6) is -1.20. The lowest BCUT2D eigenvalue weighted by Crippen LogP contribution is -2.43. The smallest absolute Gasteiger partial charge is 0.435 e. The Kier molecular flexibility index (Phi) is 9.39. The van der Waals surface area contributed by atoms with Crippen LogP contribution in [0.5, 0.6) is 0 Å². The van der Waals surface area contributed by atoms with E-state index in [0.29, 0.717) is 16.7 Å². The van der Waals surface area contributed by atoms with Crippen molar-refractivity contribution in [3.63, 3.8) is 0 Å². The number of aliphatic hydroxyl groups is 2. The van der Waals surface area contributed by atoms with E-state index in [1.54, 1.807) is 38.1 Å². The molecule has 44 heavy (non-hydrogen) atoms. The first-order valence-electron chi connectivity index (χ1n) is 13.3. The van der Waals surface area contributed by atoms with Crippen molar-refractivity contribution < 1.29 is 60.9 Å². The Morgan fingerprint density at radius 3 is 2.70 bits per heavy atom. The van der Waals surface area contributed by atoms with Gasteiger partial charge in [-0.25, -0.2) is 18.4 Å². The molecule has 0 bridgehead atoms. The monoisotopic (exact) mass is 661 g/mol. The van der Waals surface area contributed by atoms with Crippen LogP contribution in [0.2, 0.25) is 0 Å². The predicted octanol–water partition coefficient (Wildman–Crippen LogP) is 1.02. The molecule has 5 rings (SSSR count). The molecule has 240 valence electrons. The molecule has 7 atom stereocenters. The Hall–Kier alpha value is -3.02. The van der Waals surface area contributed by atoms with Crippen LogP contribution in [-0.4, -0.2) is 73.2 Å². The average Bonchev–Trinajstić information content (AvgIpc) is 3.49. The van der Waals surface area contributed by atoms with Gasteiger partial charge in [-0.05, 0) is 12.1 Å². The van der Waals surface area contributed by atoms with Crippen LogP contribution in [0.15, 0.2) is 50.6 Å². The zero-order valence-electron chi connectivity index (χ0n) is 23.2. The van der Waals surface area contributed by atoms with Gasteiger partial charge < -0.3 is 29.1 Å². The number of aliphatic hydroxyl groups excluding tert-OH is 2. The van der Waals surface area contributed by atoms with E-state index in [0.717, 1.165) is 21.4 Å². The van der Waals surface area contributed by atoms with Gasteiger partial charge in [-0.15, -0.1) is 0 Å². The van der Waals surface area contributed by atoms with Crippen LogP contribution in [0.25, 0.3) is 11.0 Å². The largest absolute Gasteiger partial charge is 0.486 e. The number of nitrogens with zero attached hydrogens (tertiary/aromatic N) is 3. The number of fused-ring (bicyclic) bond motifs is 1. The van der Waals surface area contributed by atoms with Gasteiger partial charge in [-0.2, -0.15) is 4.31 Å². The molecule has 2 aliphatic heterocycles. The number of para-hydroxylation sites is 1. The third kappa shape index (κ3) is 6.94. The molecule has 0 amide bonds. The van der Waals surface area contributed by atoms with Crippen molar-refractivity contribution in [1.29, 1.82) is 0 Å². The number of carbonyl (C=O) groups is 1. The maximum absolute atomic E-state index is 13.3. The summed E-state index contributed by atoms with van der Waals surface area (Å²) >= 11 is 0. The van der Waals surface area contributed by atoms with Gasteiger partial charge in [-0.1, -0.05) is 31.1 Å². The van der Waals surface area contributed by atoms with Crippen molar-refractivity contribution in [2.24, 2.45) is 5.92 Å². The van der Waals surface area contributed by atoms with Crippen LogP contribution in [-0.2, 0) is 47.8 Å². The minimum atomic E-state index is -5.23. The summed E-state index contributed by atoms with van der Waals surface area (Å²) in [5, 5.41) is 25.7. The van der Waals surface area contributed by atoms with E-state index in [9.17, 15) is 38.6 Å². The number of aromatic nitrogens is 3. The quantitative estimate of drug-likeness (QED) is 0.203. The molecule has 2 saturated heterocycles. The second-order valence-corrected chi connectivity index (χ2v) is 13.4. The molecule has 1 aromatic carbocycles. The van der Waals surface area contributed by atoms with Crippen LogP contribution >= 0.6 is 15.6 Å². The summed E-state index contributed by atoms with van der Waals surface area (Å²) in [5.41, 5.74) is -0.868. The summed E-state index contributed by atoms with van der Waals surface area (Å²) in [6.45, 7) is 1.65. The molecule has 0 radical (unpaired) electrons. The van der Waals surface area contributed by atoms with Gasteiger partial charge in [0.25, 0.3) is 5.56 Å². The average molecular weight is 661 g/mol. The summed E-state index contributed by atoms with van der Waals surface area (Å²) in [4.78, 5) is 47.8. The Morgan fingerprint density at radius 1 is 1.20 bits per heavy atom. The van der Waals surface area contributed by atoms with Crippen molar-refractivity contribution in [3.8, 4) is 0 Å². The molecular formula is C24H29N3O15P2. The number of rotatable bonds is 10. The lowest BCUT2D eigenvalue weighted by atomic mass is 10.1. The number of phosphoric ester groups is 2. The lowest BCUT2D eigenvalue weighted by molar-refractivity contribution is -0.175. The van der Waals surface area contributed by atoms with Crippen LogP contribution in [0.3, 0.4) is 0 Å². The maximum Gasteiger partial charge on any atom is 0.486 e. The number of benzene rings is 1. The normalized spacial score (nSPS) is 28.7. The minimum absolute atomic E-state index is 0.0222. The summed E-state index contributed by atoms with van der Waals surface area (Å²) in [6, 6.07) is 7.86. The highest BCUT2D eigenvalue weighted by Crippen LogP contribution is 2.65. The highest BCUT2D eigenvalue weighted by molar-refractivity contribution is 7.61. The number of hydrogen-bond donors (Lipinski definition) is 3.